The van der Waals surface area contributed by atoms with Crippen LogP contribution in [0.15, 0.2) is 6.07 Å². The second kappa shape index (κ2) is 5.18. The van der Waals surface area contributed by atoms with Crippen LogP contribution in [0.25, 0.3) is 0 Å². The van der Waals surface area contributed by atoms with E-state index >= 15 is 0 Å². The molecule has 2 N–H and O–H groups in total. The molecular weight excluding hydrogens is 298 g/mol. The lowest BCUT2D eigenvalue weighted by molar-refractivity contribution is 0.0919. The van der Waals surface area contributed by atoms with Gasteiger partial charge in [0.2, 0.25) is 0 Å². The van der Waals surface area contributed by atoms with Gasteiger partial charge in [0.25, 0.3) is 11.8 Å². The Bertz CT molecular complexity index is 791. The quantitative estimate of drug-likeness (QED) is 0.765. The van der Waals surface area contributed by atoms with Crippen molar-refractivity contribution in [3.05, 3.63) is 29.1 Å². The summed E-state index contributed by atoms with van der Waals surface area (Å²) in [5.41, 5.74) is 0.717. The second-order valence-corrected chi connectivity index (χ2v) is 5.95. The van der Waals surface area contributed by atoms with Gasteiger partial charge in [0, 0.05) is 38.0 Å². The standard InChI is InChI=1S/C14H17N7O2/c1-8-17-18-12-4-9(7-20(8)12)6-16-13(22)10-5-11-14(23)15-2-3-21(11)19-10/h5,9H,2-4,6-7H2,1H3,(H,15,23)(H,16,22). The Morgan fingerprint density at radius 1 is 1.48 bits per heavy atom. The van der Waals surface area contributed by atoms with E-state index in [9.17, 15) is 9.59 Å². The van der Waals surface area contributed by atoms with Gasteiger partial charge in [-0.05, 0) is 6.92 Å². The number of carbonyl (C=O) groups is 2. The molecule has 4 heterocycles. The van der Waals surface area contributed by atoms with Crippen molar-refractivity contribution in [2.24, 2.45) is 5.92 Å². The largest absolute Gasteiger partial charge is 0.350 e. The maximum absolute atomic E-state index is 12.3. The lowest BCUT2D eigenvalue weighted by Gasteiger charge is -2.13. The van der Waals surface area contributed by atoms with Crippen LogP contribution in [-0.2, 0) is 19.5 Å². The number of aromatic nitrogens is 5. The third-order valence-corrected chi connectivity index (χ3v) is 4.33. The first-order valence-corrected chi connectivity index (χ1v) is 7.65. The summed E-state index contributed by atoms with van der Waals surface area (Å²) in [4.78, 5) is 23.9. The number of nitrogens with one attached hydrogen (secondary N) is 2. The van der Waals surface area contributed by atoms with Crippen molar-refractivity contribution in [2.75, 3.05) is 13.1 Å². The fourth-order valence-electron chi connectivity index (χ4n) is 3.11. The number of carbonyl (C=O) groups excluding carboxylic acids is 2. The van der Waals surface area contributed by atoms with Gasteiger partial charge in [-0.15, -0.1) is 10.2 Å². The van der Waals surface area contributed by atoms with Gasteiger partial charge in [0.15, 0.2) is 5.69 Å². The number of nitrogens with zero attached hydrogens (tertiary/aromatic N) is 5. The first-order chi connectivity index (χ1) is 11.1. The molecule has 0 bridgehead atoms. The number of hydrogen-bond acceptors (Lipinski definition) is 5. The number of hydrogen-bond donors (Lipinski definition) is 2. The Morgan fingerprint density at radius 2 is 2.35 bits per heavy atom. The van der Waals surface area contributed by atoms with E-state index in [0.717, 1.165) is 24.6 Å². The van der Waals surface area contributed by atoms with Gasteiger partial charge in [-0.1, -0.05) is 0 Å². The van der Waals surface area contributed by atoms with Crippen molar-refractivity contribution in [1.82, 2.24) is 35.2 Å². The van der Waals surface area contributed by atoms with Crippen molar-refractivity contribution in [2.45, 2.75) is 26.4 Å². The zero-order chi connectivity index (χ0) is 16.0. The SMILES string of the molecule is Cc1nnc2n1CC(CNC(=O)c1cc3n(n1)CCNC3=O)C2. The molecule has 2 aliphatic heterocycles. The molecule has 2 amide bonds. The smallest absolute Gasteiger partial charge is 0.271 e. The summed E-state index contributed by atoms with van der Waals surface area (Å²) in [5, 5.41) is 18.0. The molecular formula is C14H17N7O2. The molecule has 4 rings (SSSR count). The van der Waals surface area contributed by atoms with Gasteiger partial charge in [-0.3, -0.25) is 14.3 Å². The van der Waals surface area contributed by atoms with E-state index in [4.69, 9.17) is 0 Å². The Kier molecular flexibility index (Phi) is 3.14. The molecule has 23 heavy (non-hydrogen) atoms. The summed E-state index contributed by atoms with van der Waals surface area (Å²) in [5.74, 6) is 1.74. The monoisotopic (exact) mass is 315 g/mol. The Hall–Kier alpha value is -2.71. The first kappa shape index (κ1) is 13.9. The average molecular weight is 315 g/mol. The Morgan fingerprint density at radius 3 is 3.13 bits per heavy atom. The van der Waals surface area contributed by atoms with Crippen LogP contribution in [-0.4, -0.2) is 49.4 Å². The molecule has 0 saturated carbocycles. The average Bonchev–Trinajstić information content (AvgIpc) is 3.21. The van der Waals surface area contributed by atoms with E-state index in [2.05, 4.69) is 30.5 Å². The summed E-state index contributed by atoms with van der Waals surface area (Å²) in [6.07, 6.45) is 0.809. The van der Waals surface area contributed by atoms with E-state index in [0.29, 0.717) is 31.2 Å². The van der Waals surface area contributed by atoms with Crippen LogP contribution >= 0.6 is 0 Å². The van der Waals surface area contributed by atoms with Crippen LogP contribution in [0.4, 0.5) is 0 Å². The molecule has 1 atom stereocenters. The second-order valence-electron chi connectivity index (χ2n) is 5.95. The van der Waals surface area contributed by atoms with Crippen LogP contribution in [0.5, 0.6) is 0 Å². The molecule has 0 aromatic carbocycles. The molecule has 9 heteroatoms. The van der Waals surface area contributed by atoms with Gasteiger partial charge in [-0.25, -0.2) is 0 Å². The van der Waals surface area contributed by atoms with Crippen LogP contribution < -0.4 is 10.6 Å². The minimum atomic E-state index is -0.251. The van der Waals surface area contributed by atoms with Gasteiger partial charge >= 0.3 is 0 Å². The summed E-state index contributed by atoms with van der Waals surface area (Å²) in [7, 11) is 0. The van der Waals surface area contributed by atoms with Crippen LogP contribution in [0.2, 0.25) is 0 Å². The molecule has 0 fully saturated rings. The zero-order valence-corrected chi connectivity index (χ0v) is 12.7. The molecule has 120 valence electrons. The number of aryl methyl sites for hydroxylation is 1. The lowest BCUT2D eigenvalue weighted by atomic mass is 10.1. The van der Waals surface area contributed by atoms with Crippen molar-refractivity contribution < 1.29 is 9.59 Å². The maximum atomic E-state index is 12.3. The van der Waals surface area contributed by atoms with Gasteiger partial charge in [0.1, 0.15) is 17.3 Å². The van der Waals surface area contributed by atoms with Crippen LogP contribution in [0.3, 0.4) is 0 Å². The van der Waals surface area contributed by atoms with Crippen molar-refractivity contribution >= 4 is 11.8 Å². The highest BCUT2D eigenvalue weighted by Crippen LogP contribution is 2.19. The summed E-state index contributed by atoms with van der Waals surface area (Å²) >= 11 is 0. The third kappa shape index (κ3) is 2.37. The fourth-order valence-corrected chi connectivity index (χ4v) is 3.11. The highest BCUT2D eigenvalue weighted by atomic mass is 16.2. The van der Waals surface area contributed by atoms with E-state index < -0.39 is 0 Å². The van der Waals surface area contributed by atoms with Crippen LogP contribution in [0.1, 0.15) is 32.6 Å². The molecule has 9 nitrogen and oxygen atoms in total. The minimum absolute atomic E-state index is 0.188. The molecule has 2 aromatic heterocycles. The maximum Gasteiger partial charge on any atom is 0.271 e. The fraction of sp³-hybridized carbons (Fsp3) is 0.500. The Labute approximate surface area is 132 Å². The van der Waals surface area contributed by atoms with Crippen molar-refractivity contribution in [1.29, 1.82) is 0 Å². The predicted molar refractivity (Wildman–Crippen MR) is 78.8 cm³/mol. The highest BCUT2D eigenvalue weighted by Gasteiger charge is 2.26. The molecule has 2 aliphatic rings. The van der Waals surface area contributed by atoms with E-state index in [1.807, 2.05) is 6.92 Å². The molecule has 1 unspecified atom stereocenters. The third-order valence-electron chi connectivity index (χ3n) is 4.33. The van der Waals surface area contributed by atoms with Crippen molar-refractivity contribution in [3.63, 3.8) is 0 Å². The highest BCUT2D eigenvalue weighted by molar-refractivity contribution is 5.98. The van der Waals surface area contributed by atoms with Crippen molar-refractivity contribution in [3.8, 4) is 0 Å². The molecule has 0 spiro atoms. The predicted octanol–water partition coefficient (Wildman–Crippen LogP) is -0.871. The normalized spacial score (nSPS) is 19.2. The molecule has 0 aliphatic carbocycles. The molecule has 0 radical (unpaired) electrons. The first-order valence-electron chi connectivity index (χ1n) is 7.65. The van der Waals surface area contributed by atoms with E-state index in [-0.39, 0.29) is 17.5 Å². The molecule has 0 saturated heterocycles. The van der Waals surface area contributed by atoms with Crippen LogP contribution in [0, 0.1) is 12.8 Å². The number of fused-ring (bicyclic) bond motifs is 2. The van der Waals surface area contributed by atoms with Gasteiger partial charge < -0.3 is 15.2 Å². The number of rotatable bonds is 3. The Balaban J connectivity index is 1.39. The summed E-state index contributed by atoms with van der Waals surface area (Å²) in [6, 6.07) is 1.54. The van der Waals surface area contributed by atoms with E-state index in [1.165, 1.54) is 6.07 Å². The number of amides is 2. The summed E-state index contributed by atoms with van der Waals surface area (Å²) < 4.78 is 3.66. The van der Waals surface area contributed by atoms with Gasteiger partial charge in [0.05, 0.1) is 6.54 Å². The van der Waals surface area contributed by atoms with Gasteiger partial charge in [-0.2, -0.15) is 5.10 Å². The van der Waals surface area contributed by atoms with E-state index in [1.54, 1.807) is 4.68 Å². The lowest BCUT2D eigenvalue weighted by Crippen LogP contribution is -2.35. The molecule has 2 aromatic rings. The topological polar surface area (TPSA) is 107 Å². The zero-order valence-electron chi connectivity index (χ0n) is 12.7. The minimum Gasteiger partial charge on any atom is -0.350 e. The summed E-state index contributed by atoms with van der Waals surface area (Å²) in [6.45, 7) is 4.42.